The molecule has 0 radical (unpaired) electrons. The standard InChI is InChI=1S/C17H23N5/c1-14-6-10-21(11-7-14)17(18)19-13-15-4-2-5-16(12-15)22-9-3-8-20-22/h2-5,8-9,12,14H,6-7,10-11,13H2,1H3,(H2,18,19). The lowest BCUT2D eigenvalue weighted by Gasteiger charge is -2.31. The average Bonchev–Trinajstić information content (AvgIpc) is 3.08. The fourth-order valence-corrected chi connectivity index (χ4v) is 2.73. The molecule has 116 valence electrons. The molecule has 1 saturated heterocycles. The van der Waals surface area contributed by atoms with E-state index in [9.17, 15) is 0 Å². The summed E-state index contributed by atoms with van der Waals surface area (Å²) >= 11 is 0. The van der Waals surface area contributed by atoms with E-state index in [1.165, 1.54) is 12.8 Å². The highest BCUT2D eigenvalue weighted by molar-refractivity contribution is 5.78. The van der Waals surface area contributed by atoms with Gasteiger partial charge in [-0.2, -0.15) is 5.10 Å². The molecular weight excluding hydrogens is 274 g/mol. The van der Waals surface area contributed by atoms with Crippen molar-refractivity contribution in [1.29, 1.82) is 0 Å². The number of benzene rings is 1. The molecule has 0 bridgehead atoms. The summed E-state index contributed by atoms with van der Waals surface area (Å²) in [5, 5.41) is 4.25. The van der Waals surface area contributed by atoms with E-state index in [1.54, 1.807) is 6.20 Å². The minimum Gasteiger partial charge on any atom is -0.370 e. The Balaban J connectivity index is 1.66. The molecule has 0 amide bonds. The summed E-state index contributed by atoms with van der Waals surface area (Å²) in [5.41, 5.74) is 8.32. The summed E-state index contributed by atoms with van der Waals surface area (Å²) in [4.78, 5) is 6.75. The minimum absolute atomic E-state index is 0.604. The molecular formula is C17H23N5. The van der Waals surface area contributed by atoms with E-state index in [2.05, 4.69) is 34.0 Å². The van der Waals surface area contributed by atoms with E-state index < -0.39 is 0 Å². The molecule has 5 nitrogen and oxygen atoms in total. The van der Waals surface area contributed by atoms with Crippen molar-refractivity contribution in [1.82, 2.24) is 14.7 Å². The van der Waals surface area contributed by atoms with Gasteiger partial charge in [-0.3, -0.25) is 0 Å². The number of hydrogen-bond acceptors (Lipinski definition) is 2. The number of hydrogen-bond donors (Lipinski definition) is 1. The average molecular weight is 297 g/mol. The molecule has 1 fully saturated rings. The lowest BCUT2D eigenvalue weighted by molar-refractivity contribution is 0.277. The van der Waals surface area contributed by atoms with Gasteiger partial charge in [-0.15, -0.1) is 0 Å². The third-order valence-corrected chi connectivity index (χ3v) is 4.21. The fourth-order valence-electron chi connectivity index (χ4n) is 2.73. The normalized spacial score (nSPS) is 17.0. The zero-order chi connectivity index (χ0) is 15.4. The Morgan fingerprint density at radius 2 is 2.14 bits per heavy atom. The Morgan fingerprint density at radius 3 is 2.86 bits per heavy atom. The Bertz CT molecular complexity index is 624. The third kappa shape index (κ3) is 3.47. The molecule has 0 aliphatic carbocycles. The molecule has 5 heteroatoms. The topological polar surface area (TPSA) is 59.4 Å². The minimum atomic E-state index is 0.604. The molecule has 2 aromatic rings. The van der Waals surface area contributed by atoms with Crippen molar-refractivity contribution in [3.05, 3.63) is 48.3 Å². The maximum atomic E-state index is 6.13. The van der Waals surface area contributed by atoms with E-state index >= 15 is 0 Å². The lowest BCUT2D eigenvalue weighted by atomic mass is 10.00. The number of aliphatic imine (C=N–C) groups is 1. The molecule has 0 atom stereocenters. The number of rotatable bonds is 3. The number of guanidine groups is 1. The van der Waals surface area contributed by atoms with E-state index in [1.807, 2.05) is 29.1 Å². The van der Waals surface area contributed by atoms with Crippen LogP contribution in [0.25, 0.3) is 5.69 Å². The monoisotopic (exact) mass is 297 g/mol. The zero-order valence-corrected chi connectivity index (χ0v) is 13.0. The fraction of sp³-hybridized carbons (Fsp3) is 0.412. The molecule has 2 heterocycles. The maximum absolute atomic E-state index is 6.13. The van der Waals surface area contributed by atoms with E-state index in [-0.39, 0.29) is 0 Å². The second-order valence-electron chi connectivity index (χ2n) is 5.96. The Kier molecular flexibility index (Phi) is 4.42. The van der Waals surface area contributed by atoms with E-state index in [0.717, 1.165) is 30.3 Å². The van der Waals surface area contributed by atoms with Gasteiger partial charge >= 0.3 is 0 Å². The first-order valence-electron chi connectivity index (χ1n) is 7.86. The highest BCUT2D eigenvalue weighted by atomic mass is 15.3. The second kappa shape index (κ2) is 6.64. The smallest absolute Gasteiger partial charge is 0.191 e. The Hall–Kier alpha value is -2.30. The van der Waals surface area contributed by atoms with Gasteiger partial charge in [0, 0.05) is 25.5 Å². The second-order valence-corrected chi connectivity index (χ2v) is 5.96. The van der Waals surface area contributed by atoms with Crippen LogP contribution in [0.15, 0.2) is 47.7 Å². The molecule has 1 aliphatic heterocycles. The summed E-state index contributed by atoms with van der Waals surface area (Å²) in [6.07, 6.45) is 6.11. The Morgan fingerprint density at radius 1 is 1.32 bits per heavy atom. The van der Waals surface area contributed by atoms with Crippen LogP contribution in [0.2, 0.25) is 0 Å². The van der Waals surface area contributed by atoms with Crippen LogP contribution < -0.4 is 5.73 Å². The van der Waals surface area contributed by atoms with E-state index in [0.29, 0.717) is 12.5 Å². The van der Waals surface area contributed by atoms with Gasteiger partial charge in [-0.1, -0.05) is 19.1 Å². The predicted molar refractivity (Wildman–Crippen MR) is 88.9 cm³/mol. The van der Waals surface area contributed by atoms with Gasteiger partial charge in [0.15, 0.2) is 5.96 Å². The summed E-state index contributed by atoms with van der Waals surface area (Å²) in [5.74, 6) is 1.46. The van der Waals surface area contributed by atoms with Crippen LogP contribution in [-0.2, 0) is 6.54 Å². The SMILES string of the molecule is CC1CCN(C(N)=NCc2cccc(-n3cccn3)c2)CC1. The van der Waals surface area contributed by atoms with Crippen LogP contribution >= 0.6 is 0 Å². The van der Waals surface area contributed by atoms with Gasteiger partial charge in [0.2, 0.25) is 0 Å². The van der Waals surface area contributed by atoms with Crippen molar-refractivity contribution in [2.45, 2.75) is 26.3 Å². The highest BCUT2D eigenvalue weighted by Gasteiger charge is 2.16. The molecule has 1 aromatic heterocycles. The number of aromatic nitrogens is 2. The molecule has 1 aliphatic rings. The van der Waals surface area contributed by atoms with Crippen molar-refractivity contribution in [2.75, 3.05) is 13.1 Å². The number of piperidine rings is 1. The van der Waals surface area contributed by atoms with Gasteiger partial charge in [0.05, 0.1) is 12.2 Å². The van der Waals surface area contributed by atoms with Crippen LogP contribution in [0, 0.1) is 5.92 Å². The number of likely N-dealkylation sites (tertiary alicyclic amines) is 1. The van der Waals surface area contributed by atoms with Crippen LogP contribution in [0.4, 0.5) is 0 Å². The van der Waals surface area contributed by atoms with Crippen molar-refractivity contribution in [2.24, 2.45) is 16.6 Å². The van der Waals surface area contributed by atoms with Crippen molar-refractivity contribution < 1.29 is 0 Å². The van der Waals surface area contributed by atoms with Gasteiger partial charge in [0.25, 0.3) is 0 Å². The van der Waals surface area contributed by atoms with Crippen molar-refractivity contribution in [3.63, 3.8) is 0 Å². The van der Waals surface area contributed by atoms with Gasteiger partial charge in [0.1, 0.15) is 0 Å². The maximum Gasteiger partial charge on any atom is 0.191 e. The first-order valence-corrected chi connectivity index (χ1v) is 7.86. The van der Waals surface area contributed by atoms with Crippen LogP contribution in [0.1, 0.15) is 25.3 Å². The molecule has 3 rings (SSSR count). The van der Waals surface area contributed by atoms with Crippen molar-refractivity contribution >= 4 is 5.96 Å². The summed E-state index contributed by atoms with van der Waals surface area (Å²) < 4.78 is 1.85. The zero-order valence-electron chi connectivity index (χ0n) is 13.0. The number of nitrogens with zero attached hydrogens (tertiary/aromatic N) is 4. The first kappa shape index (κ1) is 14.6. The Labute approximate surface area is 131 Å². The van der Waals surface area contributed by atoms with Crippen LogP contribution in [-0.4, -0.2) is 33.7 Å². The molecule has 1 aromatic carbocycles. The van der Waals surface area contributed by atoms with Gasteiger partial charge < -0.3 is 10.6 Å². The van der Waals surface area contributed by atoms with Crippen LogP contribution in [0.5, 0.6) is 0 Å². The third-order valence-electron chi connectivity index (χ3n) is 4.21. The molecule has 22 heavy (non-hydrogen) atoms. The van der Waals surface area contributed by atoms with Crippen molar-refractivity contribution in [3.8, 4) is 5.69 Å². The summed E-state index contributed by atoms with van der Waals surface area (Å²) in [6.45, 7) is 4.94. The molecule has 0 unspecified atom stereocenters. The van der Waals surface area contributed by atoms with Gasteiger partial charge in [-0.05, 0) is 42.5 Å². The molecule has 2 N–H and O–H groups in total. The van der Waals surface area contributed by atoms with Crippen LogP contribution in [0.3, 0.4) is 0 Å². The highest BCUT2D eigenvalue weighted by Crippen LogP contribution is 2.16. The van der Waals surface area contributed by atoms with Gasteiger partial charge in [-0.25, -0.2) is 9.67 Å². The summed E-state index contributed by atoms with van der Waals surface area (Å²) in [7, 11) is 0. The predicted octanol–water partition coefficient (Wildman–Crippen LogP) is 2.42. The molecule has 0 spiro atoms. The largest absolute Gasteiger partial charge is 0.370 e. The number of nitrogens with two attached hydrogens (primary N) is 1. The quantitative estimate of drug-likeness (QED) is 0.699. The van der Waals surface area contributed by atoms with E-state index in [4.69, 9.17) is 5.73 Å². The lowest BCUT2D eigenvalue weighted by Crippen LogP contribution is -2.42. The molecule has 0 saturated carbocycles. The summed E-state index contributed by atoms with van der Waals surface area (Å²) in [6, 6.07) is 10.2. The first-order chi connectivity index (χ1) is 10.7.